The van der Waals surface area contributed by atoms with E-state index < -0.39 is 10.9 Å². The van der Waals surface area contributed by atoms with E-state index in [1.807, 2.05) is 24.3 Å². The lowest BCUT2D eigenvalue weighted by Crippen LogP contribution is -2.08. The highest BCUT2D eigenvalue weighted by Crippen LogP contribution is 2.22. The van der Waals surface area contributed by atoms with Crippen molar-refractivity contribution in [2.45, 2.75) is 6.92 Å². The average Bonchev–Trinajstić information content (AvgIpc) is 3.22. The van der Waals surface area contributed by atoms with E-state index in [9.17, 15) is 14.9 Å². The Morgan fingerprint density at radius 1 is 1.16 bits per heavy atom. The van der Waals surface area contributed by atoms with Crippen molar-refractivity contribution in [1.29, 1.82) is 0 Å². The molecule has 0 fully saturated rings. The van der Waals surface area contributed by atoms with Crippen LogP contribution in [0.2, 0.25) is 0 Å². The Balaban J connectivity index is 1.79. The number of nitro groups is 1. The van der Waals surface area contributed by atoms with Gasteiger partial charge >= 0.3 is 5.97 Å². The molecule has 0 N–H and O–H groups in total. The molecule has 0 aliphatic carbocycles. The minimum atomic E-state index is -0.542. The highest BCUT2D eigenvalue weighted by atomic mass is 16.6. The molecule has 2 heterocycles. The van der Waals surface area contributed by atoms with Gasteiger partial charge < -0.3 is 4.74 Å². The Labute approximate surface area is 176 Å². The Morgan fingerprint density at radius 2 is 1.94 bits per heavy atom. The van der Waals surface area contributed by atoms with E-state index in [0.717, 1.165) is 16.3 Å². The lowest BCUT2D eigenvalue weighted by Gasteiger charge is -2.06. The first-order valence-corrected chi connectivity index (χ1v) is 9.47. The van der Waals surface area contributed by atoms with Crippen LogP contribution < -0.4 is 0 Å². The van der Waals surface area contributed by atoms with E-state index >= 15 is 0 Å². The van der Waals surface area contributed by atoms with Crippen molar-refractivity contribution in [2.24, 2.45) is 0 Å². The number of esters is 1. The first kappa shape index (κ1) is 19.9. The van der Waals surface area contributed by atoms with Crippen molar-refractivity contribution < 1.29 is 14.5 Å². The summed E-state index contributed by atoms with van der Waals surface area (Å²) in [6.45, 7) is 1.95. The predicted octanol–water partition coefficient (Wildman–Crippen LogP) is 4.07. The van der Waals surface area contributed by atoms with Crippen LogP contribution in [-0.4, -0.2) is 37.5 Å². The molecule has 9 nitrogen and oxygen atoms in total. The second kappa shape index (κ2) is 8.54. The smallest absolute Gasteiger partial charge is 0.358 e. The number of nitrogens with zero attached hydrogens (tertiary/aromatic N) is 5. The van der Waals surface area contributed by atoms with Crippen LogP contribution in [0.4, 0.5) is 5.69 Å². The van der Waals surface area contributed by atoms with E-state index in [0.29, 0.717) is 11.5 Å². The van der Waals surface area contributed by atoms with Crippen LogP contribution in [0.3, 0.4) is 0 Å². The zero-order chi connectivity index (χ0) is 21.8. The maximum atomic E-state index is 12.3. The number of nitro benzene ring substituents is 1. The van der Waals surface area contributed by atoms with Gasteiger partial charge in [0.2, 0.25) is 0 Å². The maximum Gasteiger partial charge on any atom is 0.358 e. The molecule has 0 aliphatic heterocycles. The summed E-state index contributed by atoms with van der Waals surface area (Å²) in [4.78, 5) is 22.6. The van der Waals surface area contributed by atoms with Crippen molar-refractivity contribution in [2.75, 3.05) is 6.61 Å². The number of carbonyl (C=O) groups is 1. The first-order chi connectivity index (χ1) is 15.1. The molecule has 0 radical (unpaired) electrons. The van der Waals surface area contributed by atoms with Gasteiger partial charge in [0.1, 0.15) is 0 Å². The summed E-state index contributed by atoms with van der Waals surface area (Å²) in [5.74, 6) is -0.0728. The standard InChI is InChI=1S/C22H17N5O4/c1-2-31-22(28)20-13-18(12-9-15-7-10-17(11-8-15)27(29)30)26(25-20)21-19-6-4-3-5-16(19)14-23-24-21/h3-14H,2H2,1H3. The molecule has 31 heavy (non-hydrogen) atoms. The fourth-order valence-electron chi connectivity index (χ4n) is 3.05. The maximum absolute atomic E-state index is 12.3. The van der Waals surface area contributed by atoms with Gasteiger partial charge in [-0.15, -0.1) is 5.10 Å². The van der Waals surface area contributed by atoms with Crippen LogP contribution in [0.5, 0.6) is 0 Å². The summed E-state index contributed by atoms with van der Waals surface area (Å²) < 4.78 is 6.61. The van der Waals surface area contributed by atoms with Gasteiger partial charge in [0.05, 0.1) is 23.4 Å². The van der Waals surface area contributed by atoms with Crippen LogP contribution in [0.15, 0.2) is 60.8 Å². The third-order valence-corrected chi connectivity index (χ3v) is 4.52. The lowest BCUT2D eigenvalue weighted by molar-refractivity contribution is -0.384. The van der Waals surface area contributed by atoms with Gasteiger partial charge in [0.15, 0.2) is 11.5 Å². The molecule has 0 spiro atoms. The largest absolute Gasteiger partial charge is 0.461 e. The van der Waals surface area contributed by atoms with E-state index in [1.165, 1.54) is 16.8 Å². The minimum absolute atomic E-state index is 0.0119. The molecule has 4 rings (SSSR count). The molecule has 9 heteroatoms. The number of non-ortho nitro benzene ring substituents is 1. The summed E-state index contributed by atoms with van der Waals surface area (Å²) in [5, 5.41) is 25.2. The normalized spacial score (nSPS) is 11.1. The second-order valence-corrected chi connectivity index (χ2v) is 6.52. The summed E-state index contributed by atoms with van der Waals surface area (Å²) in [6.07, 6.45) is 5.17. The third-order valence-electron chi connectivity index (χ3n) is 4.52. The van der Waals surface area contributed by atoms with Crippen LogP contribution >= 0.6 is 0 Å². The predicted molar refractivity (Wildman–Crippen MR) is 115 cm³/mol. The Bertz CT molecular complexity index is 1290. The Hall–Kier alpha value is -4.40. The first-order valence-electron chi connectivity index (χ1n) is 9.47. The topological polar surface area (TPSA) is 113 Å². The van der Waals surface area contributed by atoms with Crippen LogP contribution in [0, 0.1) is 10.1 Å². The molecule has 2 aromatic heterocycles. The molecule has 0 bridgehead atoms. The Kier molecular flexibility index (Phi) is 5.48. The highest BCUT2D eigenvalue weighted by molar-refractivity contribution is 5.90. The highest BCUT2D eigenvalue weighted by Gasteiger charge is 2.17. The van der Waals surface area contributed by atoms with Gasteiger partial charge in [-0.1, -0.05) is 30.3 Å². The van der Waals surface area contributed by atoms with Crippen LogP contribution in [0.1, 0.15) is 28.7 Å². The van der Waals surface area contributed by atoms with Gasteiger partial charge in [-0.05, 0) is 36.8 Å². The molecule has 0 amide bonds. The summed E-state index contributed by atoms with van der Waals surface area (Å²) in [5.41, 5.74) is 1.48. The third kappa shape index (κ3) is 4.15. The monoisotopic (exact) mass is 415 g/mol. The SMILES string of the molecule is CCOC(=O)c1cc(C=Cc2ccc([N+](=O)[O-])cc2)n(-c2nncc3ccccc23)n1. The number of rotatable bonds is 6. The van der Waals surface area contributed by atoms with Crippen LogP contribution in [0.25, 0.3) is 28.7 Å². The van der Waals surface area contributed by atoms with E-state index in [4.69, 9.17) is 4.74 Å². The molecule has 154 valence electrons. The average molecular weight is 415 g/mol. The Morgan fingerprint density at radius 3 is 2.68 bits per heavy atom. The number of carbonyl (C=O) groups excluding carboxylic acids is 1. The number of ether oxygens (including phenoxy) is 1. The van der Waals surface area contributed by atoms with Gasteiger partial charge in [0, 0.05) is 22.9 Å². The zero-order valence-electron chi connectivity index (χ0n) is 16.5. The van der Waals surface area contributed by atoms with Gasteiger partial charge in [-0.2, -0.15) is 10.2 Å². The van der Waals surface area contributed by atoms with E-state index in [2.05, 4.69) is 15.3 Å². The number of benzene rings is 2. The lowest BCUT2D eigenvalue weighted by atomic mass is 10.1. The summed E-state index contributed by atoms with van der Waals surface area (Å²) in [6, 6.07) is 15.3. The molecule has 4 aromatic rings. The van der Waals surface area contributed by atoms with Crippen LogP contribution in [-0.2, 0) is 4.74 Å². The second-order valence-electron chi connectivity index (χ2n) is 6.52. The van der Waals surface area contributed by atoms with E-state index in [1.54, 1.807) is 43.5 Å². The molecular formula is C22H17N5O4. The van der Waals surface area contributed by atoms with Crippen molar-refractivity contribution in [3.8, 4) is 5.82 Å². The van der Waals surface area contributed by atoms with Crippen molar-refractivity contribution in [3.05, 3.63) is 87.9 Å². The fraction of sp³-hybridized carbons (Fsp3) is 0.0909. The number of hydrogen-bond donors (Lipinski definition) is 0. The number of aromatic nitrogens is 4. The molecular weight excluding hydrogens is 398 g/mol. The molecule has 0 atom stereocenters. The van der Waals surface area contributed by atoms with Gasteiger partial charge in [-0.3, -0.25) is 10.1 Å². The molecule has 0 saturated heterocycles. The number of hydrogen-bond acceptors (Lipinski definition) is 7. The van der Waals surface area contributed by atoms with Crippen molar-refractivity contribution >= 4 is 34.6 Å². The van der Waals surface area contributed by atoms with E-state index in [-0.39, 0.29) is 18.0 Å². The molecule has 0 aliphatic rings. The summed E-state index contributed by atoms with van der Waals surface area (Å²) in [7, 11) is 0. The molecule has 2 aromatic carbocycles. The number of fused-ring (bicyclic) bond motifs is 1. The zero-order valence-corrected chi connectivity index (χ0v) is 16.5. The minimum Gasteiger partial charge on any atom is -0.461 e. The summed E-state index contributed by atoms with van der Waals surface area (Å²) >= 11 is 0. The molecule has 0 unspecified atom stereocenters. The van der Waals surface area contributed by atoms with Crippen molar-refractivity contribution in [1.82, 2.24) is 20.0 Å². The molecule has 0 saturated carbocycles. The van der Waals surface area contributed by atoms with Gasteiger partial charge in [0.25, 0.3) is 5.69 Å². The van der Waals surface area contributed by atoms with Crippen molar-refractivity contribution in [3.63, 3.8) is 0 Å². The quantitative estimate of drug-likeness (QED) is 0.265. The van der Waals surface area contributed by atoms with Gasteiger partial charge in [-0.25, -0.2) is 9.48 Å². The fourth-order valence-corrected chi connectivity index (χ4v) is 3.05.